The van der Waals surface area contributed by atoms with Crippen molar-refractivity contribution < 1.29 is 0 Å². The molecule has 0 amide bonds. The van der Waals surface area contributed by atoms with Crippen LogP contribution >= 0.6 is 0 Å². The van der Waals surface area contributed by atoms with Crippen LogP contribution in [0.1, 0.15) is 37.8 Å². The molecule has 106 valence electrons. The van der Waals surface area contributed by atoms with E-state index in [1.165, 1.54) is 33.0 Å². The first-order valence-corrected chi connectivity index (χ1v) is 7.80. The molecule has 0 radical (unpaired) electrons. The summed E-state index contributed by atoms with van der Waals surface area (Å²) in [6.45, 7) is 6.67. The first kappa shape index (κ1) is 13.9. The molecule has 0 atom stereocenters. The van der Waals surface area contributed by atoms with Gasteiger partial charge in [0.2, 0.25) is 0 Å². The van der Waals surface area contributed by atoms with E-state index in [1.807, 2.05) is 0 Å². The zero-order valence-electron chi connectivity index (χ0n) is 13.1. The molecule has 0 heterocycles. The van der Waals surface area contributed by atoms with Crippen LogP contribution in [0.5, 0.6) is 0 Å². The fourth-order valence-corrected chi connectivity index (χ4v) is 2.76. The smallest absolute Gasteiger partial charge is 0.0175 e. The van der Waals surface area contributed by atoms with E-state index in [9.17, 15) is 0 Å². The highest BCUT2D eigenvalue weighted by atomic mass is 14.1. The predicted molar refractivity (Wildman–Crippen MR) is 92.9 cm³/mol. The standard InChI is InChI=1S/C21H22/c1-4-16-5-6-19-11-12-20(14-21(19)13-16)18-9-7-17(8-10-18)15(2)3/h5-15H,4H2,1-3H3. The lowest BCUT2D eigenvalue weighted by Gasteiger charge is -2.08. The topological polar surface area (TPSA) is 0 Å². The molecule has 0 bridgehead atoms. The molecular formula is C21H22. The Morgan fingerprint density at radius 1 is 0.714 bits per heavy atom. The number of hydrogen-bond donors (Lipinski definition) is 0. The van der Waals surface area contributed by atoms with E-state index < -0.39 is 0 Å². The summed E-state index contributed by atoms with van der Waals surface area (Å²) in [5.74, 6) is 0.586. The van der Waals surface area contributed by atoms with Gasteiger partial charge in [0.05, 0.1) is 0 Å². The van der Waals surface area contributed by atoms with Crippen LogP contribution in [0.2, 0.25) is 0 Å². The van der Waals surface area contributed by atoms with Crippen LogP contribution < -0.4 is 0 Å². The van der Waals surface area contributed by atoms with Gasteiger partial charge in [0.15, 0.2) is 0 Å². The average molecular weight is 274 g/mol. The second-order valence-corrected chi connectivity index (χ2v) is 6.03. The highest BCUT2D eigenvalue weighted by Crippen LogP contribution is 2.26. The van der Waals surface area contributed by atoms with E-state index in [-0.39, 0.29) is 0 Å². The van der Waals surface area contributed by atoms with Gasteiger partial charge in [-0.1, -0.05) is 75.4 Å². The van der Waals surface area contributed by atoms with Gasteiger partial charge in [-0.25, -0.2) is 0 Å². The summed E-state index contributed by atoms with van der Waals surface area (Å²) in [5.41, 5.74) is 5.39. The van der Waals surface area contributed by atoms with Crippen LogP contribution in [0, 0.1) is 0 Å². The van der Waals surface area contributed by atoms with E-state index >= 15 is 0 Å². The predicted octanol–water partition coefficient (Wildman–Crippen LogP) is 6.19. The van der Waals surface area contributed by atoms with Crippen molar-refractivity contribution in [2.24, 2.45) is 0 Å². The first-order chi connectivity index (χ1) is 10.2. The Morgan fingerprint density at radius 3 is 2.05 bits per heavy atom. The molecule has 3 rings (SSSR count). The molecule has 0 fully saturated rings. The second kappa shape index (κ2) is 5.73. The minimum absolute atomic E-state index is 0.586. The normalized spacial score (nSPS) is 11.2. The summed E-state index contributed by atoms with van der Waals surface area (Å²) in [4.78, 5) is 0. The molecule has 0 aliphatic heterocycles. The molecule has 0 saturated heterocycles. The van der Waals surface area contributed by atoms with Crippen LogP contribution in [-0.2, 0) is 6.42 Å². The van der Waals surface area contributed by atoms with Crippen LogP contribution in [0.25, 0.3) is 21.9 Å². The zero-order chi connectivity index (χ0) is 14.8. The molecule has 0 aliphatic carbocycles. The fourth-order valence-electron chi connectivity index (χ4n) is 2.76. The van der Waals surface area contributed by atoms with Gasteiger partial charge in [0, 0.05) is 0 Å². The SMILES string of the molecule is CCc1ccc2ccc(-c3ccc(C(C)C)cc3)cc2c1. The van der Waals surface area contributed by atoms with Gasteiger partial charge in [-0.3, -0.25) is 0 Å². The molecule has 0 heteroatoms. The Labute approximate surface area is 127 Å². The zero-order valence-corrected chi connectivity index (χ0v) is 13.1. The molecule has 0 unspecified atom stereocenters. The van der Waals surface area contributed by atoms with E-state index in [2.05, 4.69) is 81.4 Å². The Hall–Kier alpha value is -2.08. The molecule has 21 heavy (non-hydrogen) atoms. The van der Waals surface area contributed by atoms with Gasteiger partial charge in [-0.15, -0.1) is 0 Å². The van der Waals surface area contributed by atoms with Crippen LogP contribution in [0.4, 0.5) is 0 Å². The van der Waals surface area contributed by atoms with Crippen molar-refractivity contribution in [3.63, 3.8) is 0 Å². The van der Waals surface area contributed by atoms with Crippen LogP contribution in [0.15, 0.2) is 60.7 Å². The number of rotatable bonds is 3. The molecule has 0 N–H and O–H groups in total. The van der Waals surface area contributed by atoms with Gasteiger partial charge >= 0.3 is 0 Å². The summed E-state index contributed by atoms with van der Waals surface area (Å²) in [6, 6.07) is 22.5. The van der Waals surface area contributed by atoms with Crippen molar-refractivity contribution in [2.75, 3.05) is 0 Å². The lowest BCUT2D eigenvalue weighted by molar-refractivity contribution is 0.867. The quantitative estimate of drug-likeness (QED) is 0.534. The van der Waals surface area contributed by atoms with Crippen LogP contribution in [-0.4, -0.2) is 0 Å². The summed E-state index contributed by atoms with van der Waals surface area (Å²) in [7, 11) is 0. The lowest BCUT2D eigenvalue weighted by Crippen LogP contribution is -1.87. The van der Waals surface area contributed by atoms with E-state index in [1.54, 1.807) is 0 Å². The molecule has 0 nitrogen and oxygen atoms in total. The third-order valence-corrected chi connectivity index (χ3v) is 4.22. The second-order valence-electron chi connectivity index (χ2n) is 6.03. The Bertz CT molecular complexity index is 749. The fraction of sp³-hybridized carbons (Fsp3) is 0.238. The highest BCUT2D eigenvalue weighted by Gasteiger charge is 2.03. The minimum atomic E-state index is 0.586. The van der Waals surface area contributed by atoms with Crippen molar-refractivity contribution >= 4 is 10.8 Å². The van der Waals surface area contributed by atoms with Crippen molar-refractivity contribution in [1.82, 2.24) is 0 Å². The summed E-state index contributed by atoms with van der Waals surface area (Å²) in [6.07, 6.45) is 1.09. The van der Waals surface area contributed by atoms with Crippen molar-refractivity contribution in [3.8, 4) is 11.1 Å². The van der Waals surface area contributed by atoms with Gasteiger partial charge < -0.3 is 0 Å². The van der Waals surface area contributed by atoms with Gasteiger partial charge in [-0.05, 0) is 51.4 Å². The third-order valence-electron chi connectivity index (χ3n) is 4.22. The number of hydrogen-bond acceptors (Lipinski definition) is 0. The number of fused-ring (bicyclic) bond motifs is 1. The number of aryl methyl sites for hydroxylation is 1. The molecule has 0 spiro atoms. The maximum Gasteiger partial charge on any atom is -0.0175 e. The molecule has 0 aliphatic rings. The monoisotopic (exact) mass is 274 g/mol. The first-order valence-electron chi connectivity index (χ1n) is 7.80. The molecule has 3 aromatic carbocycles. The molecular weight excluding hydrogens is 252 g/mol. The summed E-state index contributed by atoms with van der Waals surface area (Å²) >= 11 is 0. The average Bonchev–Trinajstić information content (AvgIpc) is 2.53. The highest BCUT2D eigenvalue weighted by molar-refractivity contribution is 5.87. The van der Waals surface area contributed by atoms with Gasteiger partial charge in [0.25, 0.3) is 0 Å². The van der Waals surface area contributed by atoms with Gasteiger partial charge in [0.1, 0.15) is 0 Å². The Kier molecular flexibility index (Phi) is 3.79. The molecule has 0 aromatic heterocycles. The van der Waals surface area contributed by atoms with E-state index in [0.29, 0.717) is 5.92 Å². The van der Waals surface area contributed by atoms with Gasteiger partial charge in [-0.2, -0.15) is 0 Å². The maximum atomic E-state index is 2.31. The van der Waals surface area contributed by atoms with Crippen LogP contribution in [0.3, 0.4) is 0 Å². The van der Waals surface area contributed by atoms with E-state index in [0.717, 1.165) is 6.42 Å². The summed E-state index contributed by atoms with van der Waals surface area (Å²) < 4.78 is 0. The minimum Gasteiger partial charge on any atom is -0.0613 e. The summed E-state index contributed by atoms with van der Waals surface area (Å²) in [5, 5.41) is 2.65. The molecule has 0 saturated carbocycles. The molecule has 3 aromatic rings. The van der Waals surface area contributed by atoms with Crippen molar-refractivity contribution in [3.05, 3.63) is 71.8 Å². The third kappa shape index (κ3) is 2.85. The Balaban J connectivity index is 2.03. The maximum absolute atomic E-state index is 2.31. The van der Waals surface area contributed by atoms with Crippen molar-refractivity contribution in [2.45, 2.75) is 33.1 Å². The Morgan fingerprint density at radius 2 is 1.38 bits per heavy atom. The lowest BCUT2D eigenvalue weighted by atomic mass is 9.96. The largest absolute Gasteiger partial charge is 0.0613 e. The van der Waals surface area contributed by atoms with E-state index in [4.69, 9.17) is 0 Å². The van der Waals surface area contributed by atoms with Crippen molar-refractivity contribution in [1.29, 1.82) is 0 Å². The number of benzene rings is 3.